The Balaban J connectivity index is 1.63. The third-order valence-electron chi connectivity index (χ3n) is 2.63. The van der Waals surface area contributed by atoms with E-state index in [1.54, 1.807) is 0 Å². The van der Waals surface area contributed by atoms with E-state index in [2.05, 4.69) is 41.8 Å². The molecule has 0 atom stereocenters. The van der Waals surface area contributed by atoms with Gasteiger partial charge in [-0.1, -0.05) is 0 Å². The molecule has 1 N–H and O–H groups in total. The Bertz CT molecular complexity index is 736. The minimum atomic E-state index is -0.171. The number of pyridine rings is 1. The highest BCUT2D eigenvalue weighted by Gasteiger charge is 2.06. The van der Waals surface area contributed by atoms with Gasteiger partial charge in [0.2, 0.25) is 5.91 Å². The number of tetrazole rings is 1. The number of carbonyl (C=O) groups excluding carboxylic acids is 1. The summed E-state index contributed by atoms with van der Waals surface area (Å²) >= 11 is 3.40. The molecule has 8 nitrogen and oxygen atoms in total. The zero-order valence-electron chi connectivity index (χ0n) is 10.3. The molecule has 3 aromatic rings. The standard InChI is InChI=1S/C11H10BrN7O/c12-8-1-2-10-15-9(5-18(10)4-8)3-13-11(20)6-19-7-14-16-17-19/h1-2,4-5,7H,3,6H2,(H,13,20). The molecule has 0 aliphatic heterocycles. The second kappa shape index (κ2) is 5.37. The third-order valence-corrected chi connectivity index (χ3v) is 3.10. The number of fused-ring (bicyclic) bond motifs is 1. The number of imidazole rings is 1. The van der Waals surface area contributed by atoms with Crippen LogP contribution in [0.1, 0.15) is 5.69 Å². The summed E-state index contributed by atoms with van der Waals surface area (Å²) in [7, 11) is 0. The molecule has 1 amide bonds. The highest BCUT2D eigenvalue weighted by molar-refractivity contribution is 9.10. The normalized spacial score (nSPS) is 10.8. The number of hydrogen-bond acceptors (Lipinski definition) is 5. The summed E-state index contributed by atoms with van der Waals surface area (Å²) in [5.41, 5.74) is 1.62. The molecule has 0 aromatic carbocycles. The van der Waals surface area contributed by atoms with E-state index in [0.29, 0.717) is 6.54 Å². The van der Waals surface area contributed by atoms with Crippen LogP contribution in [0.3, 0.4) is 0 Å². The molecule has 0 fully saturated rings. The summed E-state index contributed by atoms with van der Waals surface area (Å²) in [5.74, 6) is -0.171. The monoisotopic (exact) mass is 335 g/mol. The predicted octanol–water partition coefficient (Wildman–Crippen LogP) is 0.400. The number of nitrogens with one attached hydrogen (secondary N) is 1. The maximum atomic E-state index is 11.7. The van der Waals surface area contributed by atoms with Crippen LogP contribution in [-0.2, 0) is 17.9 Å². The Morgan fingerprint density at radius 3 is 3.05 bits per heavy atom. The Labute approximate surface area is 121 Å². The van der Waals surface area contributed by atoms with E-state index in [1.807, 2.05) is 28.9 Å². The average Bonchev–Trinajstić information content (AvgIpc) is 3.04. The molecule has 3 heterocycles. The topological polar surface area (TPSA) is 90.0 Å². The molecule has 20 heavy (non-hydrogen) atoms. The third kappa shape index (κ3) is 2.82. The highest BCUT2D eigenvalue weighted by atomic mass is 79.9. The first-order valence-corrected chi connectivity index (χ1v) is 6.60. The lowest BCUT2D eigenvalue weighted by molar-refractivity contribution is -0.122. The van der Waals surface area contributed by atoms with Gasteiger partial charge in [0.1, 0.15) is 18.5 Å². The van der Waals surface area contributed by atoms with Crippen LogP contribution >= 0.6 is 15.9 Å². The van der Waals surface area contributed by atoms with E-state index in [9.17, 15) is 4.79 Å². The molecule has 0 radical (unpaired) electrons. The van der Waals surface area contributed by atoms with Crippen molar-refractivity contribution >= 4 is 27.5 Å². The molecule has 0 saturated carbocycles. The zero-order chi connectivity index (χ0) is 13.9. The van der Waals surface area contributed by atoms with Crippen LogP contribution in [0, 0.1) is 0 Å². The molecule has 0 aliphatic carbocycles. The SMILES string of the molecule is O=C(Cn1cnnn1)NCc1cn2cc(Br)ccc2n1. The summed E-state index contributed by atoms with van der Waals surface area (Å²) in [6.45, 7) is 0.451. The van der Waals surface area contributed by atoms with Crippen LogP contribution in [0.15, 0.2) is 35.3 Å². The molecule has 0 spiro atoms. The molecule has 9 heteroatoms. The number of nitrogens with zero attached hydrogens (tertiary/aromatic N) is 6. The van der Waals surface area contributed by atoms with E-state index in [1.165, 1.54) is 11.0 Å². The van der Waals surface area contributed by atoms with Crippen molar-refractivity contribution < 1.29 is 4.79 Å². The maximum Gasteiger partial charge on any atom is 0.242 e. The lowest BCUT2D eigenvalue weighted by Gasteiger charge is -2.01. The maximum absolute atomic E-state index is 11.7. The molecular weight excluding hydrogens is 326 g/mol. The van der Waals surface area contributed by atoms with E-state index in [-0.39, 0.29) is 12.5 Å². The van der Waals surface area contributed by atoms with Gasteiger partial charge in [-0.2, -0.15) is 0 Å². The number of amides is 1. The fourth-order valence-electron chi connectivity index (χ4n) is 1.75. The predicted molar refractivity (Wildman–Crippen MR) is 72.6 cm³/mol. The fraction of sp³-hybridized carbons (Fsp3) is 0.182. The van der Waals surface area contributed by atoms with E-state index in [0.717, 1.165) is 15.8 Å². The molecular formula is C11H10BrN7O. The van der Waals surface area contributed by atoms with Crippen molar-refractivity contribution in [3.05, 3.63) is 41.0 Å². The first-order chi connectivity index (χ1) is 9.70. The largest absolute Gasteiger partial charge is 0.349 e. The van der Waals surface area contributed by atoms with Gasteiger partial charge < -0.3 is 9.72 Å². The number of aromatic nitrogens is 6. The van der Waals surface area contributed by atoms with Gasteiger partial charge in [0.25, 0.3) is 0 Å². The van der Waals surface area contributed by atoms with Crippen molar-refractivity contribution in [3.8, 4) is 0 Å². The summed E-state index contributed by atoms with van der Waals surface area (Å²) in [4.78, 5) is 16.1. The van der Waals surface area contributed by atoms with Crippen molar-refractivity contribution in [1.29, 1.82) is 0 Å². The summed E-state index contributed by atoms with van der Waals surface area (Å²) < 4.78 is 4.22. The minimum Gasteiger partial charge on any atom is -0.349 e. The van der Waals surface area contributed by atoms with Crippen molar-refractivity contribution in [2.45, 2.75) is 13.1 Å². The van der Waals surface area contributed by atoms with Gasteiger partial charge in [-0.3, -0.25) is 4.79 Å². The van der Waals surface area contributed by atoms with Gasteiger partial charge >= 0.3 is 0 Å². The summed E-state index contributed by atoms with van der Waals surface area (Å²) in [5, 5.41) is 13.3. The lowest BCUT2D eigenvalue weighted by atomic mass is 10.4. The molecule has 0 unspecified atom stereocenters. The quantitative estimate of drug-likeness (QED) is 0.745. The fourth-order valence-corrected chi connectivity index (χ4v) is 2.10. The van der Waals surface area contributed by atoms with Gasteiger partial charge in [0.15, 0.2) is 0 Å². The second-order valence-electron chi connectivity index (χ2n) is 4.13. The van der Waals surface area contributed by atoms with Crippen LogP contribution in [0.5, 0.6) is 0 Å². The van der Waals surface area contributed by atoms with Crippen LogP contribution in [-0.4, -0.2) is 35.5 Å². The Morgan fingerprint density at radius 1 is 1.35 bits per heavy atom. The number of halogens is 1. The van der Waals surface area contributed by atoms with Crippen molar-refractivity contribution in [2.75, 3.05) is 0 Å². The van der Waals surface area contributed by atoms with E-state index in [4.69, 9.17) is 0 Å². The summed E-state index contributed by atoms with van der Waals surface area (Å²) in [6, 6.07) is 3.82. The zero-order valence-corrected chi connectivity index (χ0v) is 11.9. The van der Waals surface area contributed by atoms with Gasteiger partial charge in [-0.15, -0.1) is 5.10 Å². The van der Waals surface area contributed by atoms with Gasteiger partial charge in [-0.25, -0.2) is 9.67 Å². The number of carbonyl (C=O) groups is 1. The molecule has 3 rings (SSSR count). The van der Waals surface area contributed by atoms with E-state index >= 15 is 0 Å². The van der Waals surface area contributed by atoms with Gasteiger partial charge in [0, 0.05) is 16.9 Å². The molecule has 102 valence electrons. The molecule has 0 saturated heterocycles. The molecule has 3 aromatic heterocycles. The minimum absolute atomic E-state index is 0.0892. The number of rotatable bonds is 4. The Kier molecular flexibility index (Phi) is 3.42. The van der Waals surface area contributed by atoms with Crippen LogP contribution in [0.4, 0.5) is 0 Å². The van der Waals surface area contributed by atoms with Crippen molar-refractivity contribution in [1.82, 2.24) is 34.9 Å². The molecule has 0 aliphatic rings. The van der Waals surface area contributed by atoms with Crippen molar-refractivity contribution in [2.24, 2.45) is 0 Å². The van der Waals surface area contributed by atoms with Crippen molar-refractivity contribution in [3.63, 3.8) is 0 Å². The first kappa shape index (κ1) is 12.7. The Hall–Kier alpha value is -2.29. The Morgan fingerprint density at radius 2 is 2.25 bits per heavy atom. The first-order valence-electron chi connectivity index (χ1n) is 5.81. The van der Waals surface area contributed by atoms with E-state index < -0.39 is 0 Å². The second-order valence-corrected chi connectivity index (χ2v) is 5.04. The van der Waals surface area contributed by atoms with Gasteiger partial charge in [0.05, 0.1) is 12.2 Å². The van der Waals surface area contributed by atoms with Crippen LogP contribution in [0.25, 0.3) is 5.65 Å². The number of hydrogen-bond donors (Lipinski definition) is 1. The lowest BCUT2D eigenvalue weighted by Crippen LogP contribution is -2.27. The smallest absolute Gasteiger partial charge is 0.242 e. The van der Waals surface area contributed by atoms with Gasteiger partial charge in [-0.05, 0) is 38.5 Å². The average molecular weight is 336 g/mol. The highest BCUT2D eigenvalue weighted by Crippen LogP contribution is 2.12. The summed E-state index contributed by atoms with van der Waals surface area (Å²) in [6.07, 6.45) is 5.17. The van der Waals surface area contributed by atoms with Crippen LogP contribution in [0.2, 0.25) is 0 Å². The van der Waals surface area contributed by atoms with Crippen LogP contribution < -0.4 is 5.32 Å². The molecule has 0 bridgehead atoms.